The average molecular weight is 351 g/mol. The normalized spacial score (nSPS) is 18.2. The maximum atomic E-state index is 7.33. The van der Waals surface area contributed by atoms with Gasteiger partial charge >= 0.3 is 0 Å². The van der Waals surface area contributed by atoms with Gasteiger partial charge in [-0.3, -0.25) is 0 Å². The number of rotatable bonds is 4. The fraction of sp³-hybridized carbons (Fsp3) is 0.304. The quantitative estimate of drug-likeness (QED) is 0.678. The summed E-state index contributed by atoms with van der Waals surface area (Å²) < 4.78 is 0. The van der Waals surface area contributed by atoms with E-state index < -0.39 is 0 Å². The van der Waals surface area contributed by atoms with E-state index in [0.717, 1.165) is 24.9 Å². The van der Waals surface area contributed by atoms with Crippen LogP contribution in [0.4, 0.5) is 11.4 Å². The minimum absolute atomic E-state index is 0.337. The van der Waals surface area contributed by atoms with E-state index >= 15 is 0 Å². The molecule has 2 unspecified atom stereocenters. The first kappa shape index (κ1) is 19.6. The van der Waals surface area contributed by atoms with Gasteiger partial charge in [0.05, 0.1) is 12.3 Å². The van der Waals surface area contributed by atoms with Gasteiger partial charge in [-0.2, -0.15) is 0 Å². The molecule has 1 aliphatic heterocycles. The summed E-state index contributed by atoms with van der Waals surface area (Å²) in [4.78, 5) is 4.90. The predicted molar refractivity (Wildman–Crippen MR) is 113 cm³/mol. The van der Waals surface area contributed by atoms with Crippen LogP contribution in [-0.2, 0) is 0 Å². The minimum atomic E-state index is 0.337. The Bertz CT molecular complexity index is 726. The topological polar surface area (TPSA) is 26.7 Å². The Morgan fingerprint density at radius 1 is 1.19 bits per heavy atom. The third-order valence-corrected chi connectivity index (χ3v) is 4.80. The number of anilines is 2. The zero-order valence-electron chi connectivity index (χ0n) is 16.1. The van der Waals surface area contributed by atoms with Gasteiger partial charge in [0.15, 0.2) is 0 Å². The Labute approximate surface area is 157 Å². The maximum Gasteiger partial charge on any atom is 0.0719 e. The molecule has 0 saturated heterocycles. The molecule has 0 fully saturated rings. The number of fused-ring (bicyclic) bond motifs is 1. The molecule has 3 nitrogen and oxygen atoms in total. The van der Waals surface area contributed by atoms with Crippen LogP contribution in [0.2, 0.25) is 0 Å². The van der Waals surface area contributed by atoms with E-state index in [1.807, 2.05) is 0 Å². The van der Waals surface area contributed by atoms with Gasteiger partial charge < -0.3 is 14.9 Å². The fourth-order valence-corrected chi connectivity index (χ4v) is 3.83. The Morgan fingerprint density at radius 2 is 1.77 bits per heavy atom. The molecule has 1 aliphatic rings. The number of para-hydroxylation sites is 2. The highest BCUT2D eigenvalue weighted by molar-refractivity contribution is 5.63. The minimum Gasteiger partial charge on any atom is -0.516 e. The van der Waals surface area contributed by atoms with Crippen molar-refractivity contribution in [2.24, 2.45) is 0 Å². The standard InChI is InChI=1S/C21H26N2.C2H4O/c1-5-22-17(4)15-21(19-13-9-10-14-20(19)22)23(16(2)3)18-11-7-6-8-12-18;1-2-3/h6-14,17,21H,2,5,15H2,1,3-4H3;2-3H,1H2. The number of hydrogen-bond acceptors (Lipinski definition) is 3. The monoisotopic (exact) mass is 350 g/mol. The van der Waals surface area contributed by atoms with Crippen molar-refractivity contribution in [1.82, 2.24) is 0 Å². The second-order valence-electron chi connectivity index (χ2n) is 6.57. The van der Waals surface area contributed by atoms with Crippen molar-refractivity contribution in [3.05, 3.63) is 85.3 Å². The SMILES string of the molecule is C=C(C)N(c1ccccc1)C1CC(C)N(CC)c2ccccc21.C=CO. The second kappa shape index (κ2) is 9.14. The summed E-state index contributed by atoms with van der Waals surface area (Å²) >= 11 is 0. The van der Waals surface area contributed by atoms with Crippen molar-refractivity contribution < 1.29 is 5.11 Å². The molecule has 2 aromatic carbocycles. The maximum absolute atomic E-state index is 7.33. The van der Waals surface area contributed by atoms with E-state index in [4.69, 9.17) is 5.11 Å². The molecule has 0 saturated carbocycles. The molecular formula is C23H30N2O. The number of aliphatic hydroxyl groups excluding tert-OH is 1. The van der Waals surface area contributed by atoms with Crippen LogP contribution in [0.5, 0.6) is 0 Å². The zero-order valence-corrected chi connectivity index (χ0v) is 16.1. The van der Waals surface area contributed by atoms with Crippen molar-refractivity contribution in [1.29, 1.82) is 0 Å². The lowest BCUT2D eigenvalue weighted by atomic mass is 9.90. The number of nitrogens with zero attached hydrogens (tertiary/aromatic N) is 2. The zero-order chi connectivity index (χ0) is 19.1. The summed E-state index contributed by atoms with van der Waals surface area (Å²) in [6, 6.07) is 20.3. The van der Waals surface area contributed by atoms with E-state index in [2.05, 4.69) is 98.3 Å². The third kappa shape index (κ3) is 4.10. The van der Waals surface area contributed by atoms with Crippen LogP contribution < -0.4 is 9.80 Å². The van der Waals surface area contributed by atoms with Gasteiger partial charge in [-0.1, -0.05) is 49.6 Å². The van der Waals surface area contributed by atoms with Gasteiger partial charge in [-0.15, -0.1) is 0 Å². The van der Waals surface area contributed by atoms with Gasteiger partial charge in [-0.25, -0.2) is 0 Å². The molecule has 1 heterocycles. The van der Waals surface area contributed by atoms with Crippen LogP contribution in [0.1, 0.15) is 38.8 Å². The van der Waals surface area contributed by atoms with Crippen molar-refractivity contribution in [2.45, 2.75) is 39.3 Å². The molecule has 2 atom stereocenters. The predicted octanol–water partition coefficient (Wildman–Crippen LogP) is 6.07. The summed E-state index contributed by atoms with van der Waals surface area (Å²) in [6.07, 6.45) is 1.85. The Hall–Kier alpha value is -2.68. The van der Waals surface area contributed by atoms with Crippen LogP contribution in [0.3, 0.4) is 0 Å². The van der Waals surface area contributed by atoms with Crippen molar-refractivity contribution in [2.75, 3.05) is 16.3 Å². The molecule has 138 valence electrons. The molecule has 3 heteroatoms. The number of allylic oxidation sites excluding steroid dienone is 1. The Balaban J connectivity index is 0.000000758. The molecule has 3 rings (SSSR count). The van der Waals surface area contributed by atoms with Gasteiger partial charge in [-0.05, 0) is 51.0 Å². The number of aliphatic hydroxyl groups is 1. The summed E-state index contributed by atoms with van der Waals surface area (Å²) in [5.74, 6) is 0. The van der Waals surface area contributed by atoms with Crippen molar-refractivity contribution >= 4 is 11.4 Å². The molecular weight excluding hydrogens is 320 g/mol. The average Bonchev–Trinajstić information content (AvgIpc) is 2.63. The van der Waals surface area contributed by atoms with Crippen LogP contribution in [0.25, 0.3) is 0 Å². The Morgan fingerprint density at radius 3 is 2.35 bits per heavy atom. The van der Waals surface area contributed by atoms with Gasteiger partial charge in [0.2, 0.25) is 0 Å². The number of benzene rings is 2. The van der Waals surface area contributed by atoms with Crippen molar-refractivity contribution in [3.8, 4) is 0 Å². The van der Waals surface area contributed by atoms with Gasteiger partial charge in [0.25, 0.3) is 0 Å². The Kier molecular flexibility index (Phi) is 6.90. The first-order valence-corrected chi connectivity index (χ1v) is 9.15. The summed E-state index contributed by atoms with van der Waals surface area (Å²) in [7, 11) is 0. The first-order chi connectivity index (χ1) is 12.5. The molecule has 1 N–H and O–H groups in total. The van der Waals surface area contributed by atoms with Gasteiger partial charge in [0, 0.05) is 29.7 Å². The highest BCUT2D eigenvalue weighted by atomic mass is 16.2. The molecule has 0 spiro atoms. The van der Waals surface area contributed by atoms with Crippen LogP contribution >= 0.6 is 0 Å². The first-order valence-electron chi connectivity index (χ1n) is 9.15. The molecule has 0 bridgehead atoms. The molecule has 26 heavy (non-hydrogen) atoms. The van der Waals surface area contributed by atoms with Gasteiger partial charge in [0.1, 0.15) is 0 Å². The smallest absolute Gasteiger partial charge is 0.0719 e. The fourth-order valence-electron chi connectivity index (χ4n) is 3.83. The van der Waals surface area contributed by atoms with E-state index in [-0.39, 0.29) is 0 Å². The van der Waals surface area contributed by atoms with E-state index in [1.165, 1.54) is 16.9 Å². The summed E-state index contributed by atoms with van der Waals surface area (Å²) in [5, 5.41) is 7.33. The van der Waals surface area contributed by atoms with E-state index in [9.17, 15) is 0 Å². The van der Waals surface area contributed by atoms with E-state index in [1.54, 1.807) is 0 Å². The van der Waals surface area contributed by atoms with Crippen LogP contribution in [0, 0.1) is 0 Å². The highest BCUT2D eigenvalue weighted by Crippen LogP contribution is 2.43. The summed E-state index contributed by atoms with van der Waals surface area (Å²) in [6.45, 7) is 14.9. The third-order valence-electron chi connectivity index (χ3n) is 4.80. The molecule has 2 aromatic rings. The molecule has 0 aromatic heterocycles. The number of hydrogen-bond donors (Lipinski definition) is 1. The van der Waals surface area contributed by atoms with E-state index in [0.29, 0.717) is 12.1 Å². The molecule has 0 radical (unpaired) electrons. The lowest BCUT2D eigenvalue weighted by Crippen LogP contribution is -2.43. The molecule has 0 aliphatic carbocycles. The largest absolute Gasteiger partial charge is 0.516 e. The highest BCUT2D eigenvalue weighted by Gasteiger charge is 2.33. The van der Waals surface area contributed by atoms with Crippen molar-refractivity contribution in [3.63, 3.8) is 0 Å². The second-order valence-corrected chi connectivity index (χ2v) is 6.57. The lowest BCUT2D eigenvalue weighted by Gasteiger charge is -2.45. The summed E-state index contributed by atoms with van der Waals surface area (Å²) in [5.41, 5.74) is 5.07. The molecule has 0 amide bonds. The lowest BCUT2D eigenvalue weighted by molar-refractivity contribution is 0.476. The van der Waals surface area contributed by atoms with Crippen LogP contribution in [-0.4, -0.2) is 17.7 Å². The van der Waals surface area contributed by atoms with Crippen LogP contribution in [0.15, 0.2) is 79.7 Å².